The number of carbonyl (C=O) groups is 1. The average molecular weight is 249 g/mol. The Morgan fingerprint density at radius 2 is 2.11 bits per heavy atom. The molecule has 1 saturated heterocycles. The van der Waals surface area contributed by atoms with Crippen molar-refractivity contribution in [2.75, 3.05) is 31.3 Å². The number of aryl methyl sites for hydroxylation is 1. The summed E-state index contributed by atoms with van der Waals surface area (Å²) < 4.78 is 0. The summed E-state index contributed by atoms with van der Waals surface area (Å²) in [6.07, 6.45) is 1.44. The van der Waals surface area contributed by atoms with Gasteiger partial charge in [0.1, 0.15) is 17.5 Å². The third-order valence-electron chi connectivity index (χ3n) is 3.07. The lowest BCUT2D eigenvalue weighted by atomic mass is 10.1. The van der Waals surface area contributed by atoms with Crippen LogP contribution in [0.4, 0.5) is 11.6 Å². The van der Waals surface area contributed by atoms with Gasteiger partial charge in [-0.1, -0.05) is 0 Å². The zero-order valence-electron chi connectivity index (χ0n) is 11.0. The number of aromatic nitrogens is 2. The summed E-state index contributed by atoms with van der Waals surface area (Å²) in [7, 11) is 3.67. The molecule has 18 heavy (non-hydrogen) atoms. The molecule has 0 aromatic carbocycles. The van der Waals surface area contributed by atoms with Crippen LogP contribution in [0.25, 0.3) is 0 Å². The molecule has 1 aromatic rings. The maximum Gasteiger partial charge on any atom is 0.222 e. The number of hydrogen-bond donors (Lipinski definition) is 2. The molecule has 6 nitrogen and oxygen atoms in total. The van der Waals surface area contributed by atoms with E-state index in [1.807, 2.05) is 27.1 Å². The minimum atomic E-state index is 0.211. The summed E-state index contributed by atoms with van der Waals surface area (Å²) in [5, 5.41) is 6.37. The van der Waals surface area contributed by atoms with Crippen molar-refractivity contribution in [3.8, 4) is 0 Å². The minimum absolute atomic E-state index is 0.211. The molecular formula is C12H19N5O. The van der Waals surface area contributed by atoms with Gasteiger partial charge in [-0.15, -0.1) is 0 Å². The Labute approximate surface area is 107 Å². The van der Waals surface area contributed by atoms with Crippen molar-refractivity contribution in [3.05, 3.63) is 11.9 Å². The van der Waals surface area contributed by atoms with Gasteiger partial charge in [0.2, 0.25) is 5.91 Å². The molecule has 6 heteroatoms. The highest BCUT2D eigenvalue weighted by atomic mass is 16.2. The van der Waals surface area contributed by atoms with E-state index in [0.29, 0.717) is 6.42 Å². The highest BCUT2D eigenvalue weighted by Gasteiger charge is 2.22. The second-order valence-electron chi connectivity index (χ2n) is 4.59. The van der Waals surface area contributed by atoms with Crippen molar-refractivity contribution < 1.29 is 4.79 Å². The fourth-order valence-corrected chi connectivity index (χ4v) is 2.11. The fraction of sp³-hybridized carbons (Fsp3) is 0.583. The summed E-state index contributed by atoms with van der Waals surface area (Å²) >= 11 is 0. The van der Waals surface area contributed by atoms with E-state index in [4.69, 9.17) is 0 Å². The van der Waals surface area contributed by atoms with Crippen LogP contribution in [0.2, 0.25) is 0 Å². The summed E-state index contributed by atoms with van der Waals surface area (Å²) in [6.45, 7) is 2.58. The van der Waals surface area contributed by atoms with Gasteiger partial charge in [-0.05, 0) is 13.3 Å². The van der Waals surface area contributed by atoms with Crippen molar-refractivity contribution >= 4 is 17.5 Å². The number of amides is 1. The number of nitrogens with zero attached hydrogens (tertiary/aromatic N) is 3. The highest BCUT2D eigenvalue weighted by molar-refractivity contribution is 5.77. The predicted octanol–water partition coefficient (Wildman–Crippen LogP) is 0.859. The zero-order chi connectivity index (χ0) is 13.1. The quantitative estimate of drug-likeness (QED) is 0.831. The molecule has 2 N–H and O–H groups in total. The van der Waals surface area contributed by atoms with Crippen LogP contribution in [0, 0.1) is 6.92 Å². The third kappa shape index (κ3) is 2.88. The Balaban J connectivity index is 2.05. The normalized spacial score (nSPS) is 19.8. The SMILES string of the molecule is CNc1cc(NC2CCC(=O)N(C)C2)nc(C)n1. The Hall–Kier alpha value is -1.85. The lowest BCUT2D eigenvalue weighted by Crippen LogP contribution is -2.43. The van der Waals surface area contributed by atoms with Gasteiger partial charge in [-0.2, -0.15) is 0 Å². The van der Waals surface area contributed by atoms with E-state index in [1.54, 1.807) is 4.90 Å². The van der Waals surface area contributed by atoms with E-state index in [1.165, 1.54) is 0 Å². The number of carbonyl (C=O) groups excluding carboxylic acids is 1. The van der Waals surface area contributed by atoms with E-state index >= 15 is 0 Å². The first-order valence-corrected chi connectivity index (χ1v) is 6.12. The van der Waals surface area contributed by atoms with Gasteiger partial charge < -0.3 is 15.5 Å². The van der Waals surface area contributed by atoms with Gasteiger partial charge in [0, 0.05) is 39.2 Å². The maximum absolute atomic E-state index is 11.4. The van der Waals surface area contributed by atoms with Gasteiger partial charge in [0.15, 0.2) is 0 Å². The van der Waals surface area contributed by atoms with Gasteiger partial charge in [0.25, 0.3) is 0 Å². The van der Waals surface area contributed by atoms with Gasteiger partial charge in [-0.3, -0.25) is 4.79 Å². The first kappa shape index (κ1) is 12.6. The Morgan fingerprint density at radius 1 is 1.39 bits per heavy atom. The number of piperidine rings is 1. The molecule has 1 aliphatic rings. The minimum Gasteiger partial charge on any atom is -0.373 e. The van der Waals surface area contributed by atoms with Gasteiger partial charge >= 0.3 is 0 Å². The van der Waals surface area contributed by atoms with E-state index in [0.717, 1.165) is 30.4 Å². The molecule has 0 radical (unpaired) electrons. The van der Waals surface area contributed by atoms with Crippen molar-refractivity contribution in [2.45, 2.75) is 25.8 Å². The molecule has 1 atom stereocenters. The Morgan fingerprint density at radius 3 is 2.78 bits per heavy atom. The van der Waals surface area contributed by atoms with Crippen LogP contribution in [-0.4, -0.2) is 47.5 Å². The Kier molecular flexibility index (Phi) is 3.64. The molecule has 98 valence electrons. The second-order valence-corrected chi connectivity index (χ2v) is 4.59. The Bertz CT molecular complexity index is 448. The molecule has 0 spiro atoms. The van der Waals surface area contributed by atoms with Crippen molar-refractivity contribution in [3.63, 3.8) is 0 Å². The summed E-state index contributed by atoms with van der Waals surface area (Å²) in [5.74, 6) is 2.54. The monoisotopic (exact) mass is 249 g/mol. The van der Waals surface area contributed by atoms with Crippen molar-refractivity contribution in [1.29, 1.82) is 0 Å². The first-order chi connectivity index (χ1) is 8.58. The topological polar surface area (TPSA) is 70.2 Å². The lowest BCUT2D eigenvalue weighted by Gasteiger charge is -2.30. The molecule has 1 fully saturated rings. The number of hydrogen-bond acceptors (Lipinski definition) is 5. The lowest BCUT2D eigenvalue weighted by molar-refractivity contribution is -0.132. The number of anilines is 2. The fourth-order valence-electron chi connectivity index (χ4n) is 2.11. The molecular weight excluding hydrogens is 230 g/mol. The molecule has 2 rings (SSSR count). The average Bonchev–Trinajstić information content (AvgIpc) is 2.33. The molecule has 0 aliphatic carbocycles. The highest BCUT2D eigenvalue weighted by Crippen LogP contribution is 2.16. The standard InChI is InChI=1S/C12H19N5O/c1-8-14-10(13-2)6-11(15-8)16-9-4-5-12(18)17(3)7-9/h6,9H,4-5,7H2,1-3H3,(H2,13,14,15,16). The molecule has 0 saturated carbocycles. The number of rotatable bonds is 3. The van der Waals surface area contributed by atoms with Crippen molar-refractivity contribution in [1.82, 2.24) is 14.9 Å². The van der Waals surface area contributed by atoms with E-state index in [2.05, 4.69) is 20.6 Å². The second kappa shape index (κ2) is 5.20. The summed E-state index contributed by atoms with van der Waals surface area (Å²) in [6, 6.07) is 2.13. The van der Waals surface area contributed by atoms with Crippen LogP contribution in [-0.2, 0) is 4.79 Å². The molecule has 1 aromatic heterocycles. The number of likely N-dealkylation sites (N-methyl/N-ethyl adjacent to an activating group) is 1. The van der Waals surface area contributed by atoms with Crippen LogP contribution < -0.4 is 10.6 Å². The molecule has 2 heterocycles. The van der Waals surface area contributed by atoms with E-state index in [9.17, 15) is 4.79 Å². The smallest absolute Gasteiger partial charge is 0.222 e. The summed E-state index contributed by atoms with van der Waals surface area (Å²) in [4.78, 5) is 21.8. The largest absolute Gasteiger partial charge is 0.373 e. The van der Waals surface area contributed by atoms with Crippen molar-refractivity contribution in [2.24, 2.45) is 0 Å². The maximum atomic E-state index is 11.4. The predicted molar refractivity (Wildman–Crippen MR) is 70.6 cm³/mol. The molecule has 0 bridgehead atoms. The molecule has 1 aliphatic heterocycles. The zero-order valence-corrected chi connectivity index (χ0v) is 11.0. The van der Waals surface area contributed by atoms with E-state index in [-0.39, 0.29) is 11.9 Å². The van der Waals surface area contributed by atoms with Gasteiger partial charge in [-0.25, -0.2) is 9.97 Å². The van der Waals surface area contributed by atoms with Crippen LogP contribution in [0.3, 0.4) is 0 Å². The first-order valence-electron chi connectivity index (χ1n) is 6.12. The molecule has 1 amide bonds. The van der Waals surface area contributed by atoms with E-state index < -0.39 is 0 Å². The third-order valence-corrected chi connectivity index (χ3v) is 3.07. The van der Waals surface area contributed by atoms with Crippen LogP contribution in [0.1, 0.15) is 18.7 Å². The van der Waals surface area contributed by atoms with Crippen LogP contribution in [0.15, 0.2) is 6.07 Å². The number of nitrogens with one attached hydrogen (secondary N) is 2. The van der Waals surface area contributed by atoms with Gasteiger partial charge in [0.05, 0.1) is 0 Å². The van der Waals surface area contributed by atoms with Crippen LogP contribution >= 0.6 is 0 Å². The van der Waals surface area contributed by atoms with Crippen LogP contribution in [0.5, 0.6) is 0 Å². The summed E-state index contributed by atoms with van der Waals surface area (Å²) in [5.41, 5.74) is 0. The number of likely N-dealkylation sites (tertiary alicyclic amines) is 1. The molecule has 1 unspecified atom stereocenters.